The third kappa shape index (κ3) is 2.38. The van der Waals surface area contributed by atoms with Crippen molar-refractivity contribution in [1.29, 1.82) is 5.41 Å². The second-order valence-electron chi connectivity index (χ2n) is 6.03. The summed E-state index contributed by atoms with van der Waals surface area (Å²) in [7, 11) is 0. The summed E-state index contributed by atoms with van der Waals surface area (Å²) in [5, 5.41) is 28.8. The first-order chi connectivity index (χ1) is 12.6. The molecule has 0 saturated heterocycles. The number of benzene rings is 3. The monoisotopic (exact) mass is 343 g/mol. The van der Waals surface area contributed by atoms with Gasteiger partial charge in [0.1, 0.15) is 17.3 Å². The van der Waals surface area contributed by atoms with Crippen LogP contribution >= 0.6 is 0 Å². The van der Waals surface area contributed by atoms with Crippen molar-refractivity contribution in [1.82, 2.24) is 4.57 Å². The number of aromatic nitrogens is 1. The average molecular weight is 343 g/mol. The van der Waals surface area contributed by atoms with E-state index in [4.69, 9.17) is 11.1 Å². The average Bonchev–Trinajstić information content (AvgIpc) is 3.00. The van der Waals surface area contributed by atoms with Gasteiger partial charge in [0.05, 0.1) is 22.2 Å². The van der Waals surface area contributed by atoms with E-state index in [-0.39, 0.29) is 17.3 Å². The molecule has 0 spiro atoms. The summed E-state index contributed by atoms with van der Waals surface area (Å²) in [6, 6.07) is 21.6. The molecular weight excluding hydrogens is 326 g/mol. The minimum absolute atomic E-state index is 0.0717. The lowest BCUT2D eigenvalue weighted by Gasteiger charge is -2.12. The summed E-state index contributed by atoms with van der Waals surface area (Å²) < 4.78 is 1.94. The van der Waals surface area contributed by atoms with Crippen LogP contribution in [0.4, 0.5) is 0 Å². The Morgan fingerprint density at radius 2 is 1.54 bits per heavy atom. The SMILES string of the molecule is N=C(N)c1c(-c2ccccc2)n(-c2ccc(O)cc2)c2cccc(O)c12. The highest BCUT2D eigenvalue weighted by Crippen LogP contribution is 2.40. The van der Waals surface area contributed by atoms with E-state index in [9.17, 15) is 10.2 Å². The van der Waals surface area contributed by atoms with Crippen LogP contribution in [0.25, 0.3) is 27.8 Å². The van der Waals surface area contributed by atoms with Crippen LogP contribution in [-0.2, 0) is 0 Å². The minimum Gasteiger partial charge on any atom is -0.508 e. The summed E-state index contributed by atoms with van der Waals surface area (Å²) in [6.07, 6.45) is 0. The molecule has 4 rings (SSSR count). The van der Waals surface area contributed by atoms with Crippen LogP contribution in [0.5, 0.6) is 11.5 Å². The van der Waals surface area contributed by atoms with Gasteiger partial charge in [-0.3, -0.25) is 5.41 Å². The van der Waals surface area contributed by atoms with Crippen molar-refractivity contribution in [2.45, 2.75) is 0 Å². The van der Waals surface area contributed by atoms with Gasteiger partial charge in [0.15, 0.2) is 0 Å². The molecule has 0 aliphatic heterocycles. The number of rotatable bonds is 3. The van der Waals surface area contributed by atoms with Crippen molar-refractivity contribution < 1.29 is 10.2 Å². The Bertz CT molecular complexity index is 1110. The number of phenolic OH excluding ortho intramolecular Hbond substituents is 2. The fourth-order valence-electron chi connectivity index (χ4n) is 3.32. The summed E-state index contributed by atoms with van der Waals surface area (Å²) in [4.78, 5) is 0. The number of amidine groups is 1. The van der Waals surface area contributed by atoms with Gasteiger partial charge in [0, 0.05) is 5.69 Å². The number of aromatic hydroxyl groups is 2. The number of fused-ring (bicyclic) bond motifs is 1. The Labute approximate surface area is 150 Å². The zero-order valence-corrected chi connectivity index (χ0v) is 13.8. The molecular formula is C21H17N3O2. The number of hydrogen-bond acceptors (Lipinski definition) is 3. The van der Waals surface area contributed by atoms with Crippen molar-refractivity contribution >= 4 is 16.7 Å². The molecule has 0 atom stereocenters. The largest absolute Gasteiger partial charge is 0.508 e. The highest BCUT2D eigenvalue weighted by Gasteiger charge is 2.23. The van der Waals surface area contributed by atoms with Gasteiger partial charge >= 0.3 is 0 Å². The molecule has 0 unspecified atom stereocenters. The molecule has 5 heteroatoms. The quantitative estimate of drug-likeness (QED) is 0.334. The standard InChI is InChI=1S/C21H17N3O2/c22-21(23)19-18-16(7-4-8-17(18)26)24(14-9-11-15(25)12-10-14)20(19)13-5-2-1-3-6-13/h1-12,25-26H,(H3,22,23). The number of nitrogens with zero attached hydrogens (tertiary/aromatic N) is 1. The molecule has 1 aromatic heterocycles. The maximum Gasteiger partial charge on any atom is 0.125 e. The van der Waals surface area contributed by atoms with Crippen molar-refractivity contribution in [3.63, 3.8) is 0 Å². The molecule has 0 saturated carbocycles. The molecule has 5 nitrogen and oxygen atoms in total. The number of nitrogen functional groups attached to an aromatic ring is 1. The van der Waals surface area contributed by atoms with Crippen LogP contribution < -0.4 is 5.73 Å². The van der Waals surface area contributed by atoms with Crippen molar-refractivity contribution in [3.8, 4) is 28.4 Å². The molecule has 0 amide bonds. The molecule has 0 radical (unpaired) electrons. The molecule has 128 valence electrons. The Hall–Kier alpha value is -3.73. The number of nitrogens with one attached hydrogen (secondary N) is 1. The molecule has 0 aliphatic carbocycles. The second-order valence-corrected chi connectivity index (χ2v) is 6.03. The van der Waals surface area contributed by atoms with Gasteiger partial charge in [-0.05, 0) is 42.0 Å². The predicted octanol–water partition coefficient (Wildman–Crippen LogP) is 3.99. The third-order valence-electron chi connectivity index (χ3n) is 4.40. The number of phenols is 2. The van der Waals surface area contributed by atoms with Crippen LogP contribution in [0.15, 0.2) is 72.8 Å². The van der Waals surface area contributed by atoms with Crippen LogP contribution in [0.2, 0.25) is 0 Å². The van der Waals surface area contributed by atoms with E-state index < -0.39 is 0 Å². The van der Waals surface area contributed by atoms with Crippen LogP contribution in [0.3, 0.4) is 0 Å². The van der Waals surface area contributed by atoms with Crippen LogP contribution in [0, 0.1) is 5.41 Å². The highest BCUT2D eigenvalue weighted by molar-refractivity contribution is 6.15. The number of hydrogen-bond donors (Lipinski definition) is 4. The van der Waals surface area contributed by atoms with E-state index in [1.165, 1.54) is 0 Å². The highest BCUT2D eigenvalue weighted by atomic mass is 16.3. The van der Waals surface area contributed by atoms with Crippen molar-refractivity contribution in [2.24, 2.45) is 5.73 Å². The molecule has 0 aliphatic rings. The van der Waals surface area contributed by atoms with E-state index in [2.05, 4.69) is 0 Å². The Morgan fingerprint density at radius 3 is 2.19 bits per heavy atom. The van der Waals surface area contributed by atoms with E-state index in [0.29, 0.717) is 10.9 Å². The predicted molar refractivity (Wildman–Crippen MR) is 103 cm³/mol. The van der Waals surface area contributed by atoms with E-state index in [1.54, 1.807) is 36.4 Å². The van der Waals surface area contributed by atoms with Gasteiger partial charge in [-0.1, -0.05) is 36.4 Å². The first kappa shape index (κ1) is 15.8. The van der Waals surface area contributed by atoms with E-state index in [1.807, 2.05) is 41.0 Å². The lowest BCUT2D eigenvalue weighted by Crippen LogP contribution is -2.12. The van der Waals surface area contributed by atoms with Gasteiger partial charge < -0.3 is 20.5 Å². The topological polar surface area (TPSA) is 95.3 Å². The van der Waals surface area contributed by atoms with Gasteiger partial charge in [-0.15, -0.1) is 0 Å². The molecule has 1 heterocycles. The van der Waals surface area contributed by atoms with Gasteiger partial charge in [0.2, 0.25) is 0 Å². The third-order valence-corrected chi connectivity index (χ3v) is 4.40. The van der Waals surface area contributed by atoms with E-state index in [0.717, 1.165) is 22.5 Å². The lowest BCUT2D eigenvalue weighted by atomic mass is 10.0. The molecule has 3 aromatic carbocycles. The maximum atomic E-state index is 10.5. The normalized spacial score (nSPS) is 10.9. The first-order valence-corrected chi connectivity index (χ1v) is 8.13. The second kappa shape index (κ2) is 5.97. The van der Waals surface area contributed by atoms with Gasteiger partial charge in [0.25, 0.3) is 0 Å². The minimum atomic E-state index is -0.118. The summed E-state index contributed by atoms with van der Waals surface area (Å²) >= 11 is 0. The molecule has 5 N–H and O–H groups in total. The lowest BCUT2D eigenvalue weighted by molar-refractivity contribution is 0.475. The zero-order chi connectivity index (χ0) is 18.3. The fourth-order valence-corrected chi connectivity index (χ4v) is 3.32. The molecule has 0 fully saturated rings. The van der Waals surface area contributed by atoms with E-state index >= 15 is 0 Å². The van der Waals surface area contributed by atoms with Gasteiger partial charge in [-0.2, -0.15) is 0 Å². The summed E-state index contributed by atoms with van der Waals surface area (Å²) in [5.74, 6) is 0.122. The summed E-state index contributed by atoms with van der Waals surface area (Å²) in [6.45, 7) is 0. The molecule has 26 heavy (non-hydrogen) atoms. The fraction of sp³-hybridized carbons (Fsp3) is 0. The Morgan fingerprint density at radius 1 is 0.846 bits per heavy atom. The van der Waals surface area contributed by atoms with Crippen molar-refractivity contribution in [3.05, 3.63) is 78.4 Å². The first-order valence-electron chi connectivity index (χ1n) is 8.13. The maximum absolute atomic E-state index is 10.5. The Balaban J connectivity index is 2.20. The number of nitrogens with two attached hydrogens (primary N) is 1. The zero-order valence-electron chi connectivity index (χ0n) is 13.8. The molecule has 4 aromatic rings. The van der Waals surface area contributed by atoms with Crippen molar-refractivity contribution in [2.75, 3.05) is 0 Å². The van der Waals surface area contributed by atoms with Crippen LogP contribution in [-0.4, -0.2) is 20.6 Å². The van der Waals surface area contributed by atoms with Gasteiger partial charge in [-0.25, -0.2) is 0 Å². The smallest absolute Gasteiger partial charge is 0.125 e. The molecule has 0 bridgehead atoms. The van der Waals surface area contributed by atoms with Crippen LogP contribution in [0.1, 0.15) is 5.56 Å². The summed E-state index contributed by atoms with van der Waals surface area (Å²) in [5.41, 5.74) is 9.54. The Kier molecular flexibility index (Phi) is 3.62.